The van der Waals surface area contributed by atoms with Crippen LogP contribution in [0.25, 0.3) is 0 Å². The smallest absolute Gasteiger partial charge is 0.270 e. The van der Waals surface area contributed by atoms with E-state index in [9.17, 15) is 4.79 Å². The molecular formula is C15H17Cl2N3O2S. The fourth-order valence-electron chi connectivity index (χ4n) is 1.69. The molecule has 0 radical (unpaired) electrons. The number of nitrogens with zero attached hydrogens (tertiary/aromatic N) is 2. The molecule has 0 aliphatic carbocycles. The predicted molar refractivity (Wildman–Crippen MR) is 93.8 cm³/mol. The van der Waals surface area contributed by atoms with Gasteiger partial charge in [-0.3, -0.25) is 4.79 Å². The average molecular weight is 374 g/mol. The molecule has 1 aromatic carbocycles. The summed E-state index contributed by atoms with van der Waals surface area (Å²) >= 11 is 13.3. The number of hydrogen-bond donors (Lipinski definition) is 1. The van der Waals surface area contributed by atoms with Crippen molar-refractivity contribution in [1.29, 1.82) is 0 Å². The van der Waals surface area contributed by atoms with Crippen molar-refractivity contribution in [2.45, 2.75) is 6.61 Å². The second-order valence-electron chi connectivity index (χ2n) is 5.05. The second kappa shape index (κ2) is 8.49. The van der Waals surface area contributed by atoms with E-state index in [0.717, 1.165) is 6.54 Å². The summed E-state index contributed by atoms with van der Waals surface area (Å²) in [7, 11) is 3.90. The molecule has 8 heteroatoms. The highest BCUT2D eigenvalue weighted by atomic mass is 35.5. The van der Waals surface area contributed by atoms with E-state index in [-0.39, 0.29) is 12.5 Å². The molecule has 5 nitrogen and oxygen atoms in total. The lowest BCUT2D eigenvalue weighted by atomic mass is 10.3. The van der Waals surface area contributed by atoms with Crippen molar-refractivity contribution in [3.8, 4) is 5.75 Å². The van der Waals surface area contributed by atoms with Gasteiger partial charge in [0.25, 0.3) is 5.91 Å². The number of likely N-dealkylation sites (N-methyl/N-ethyl adjacent to an activating group) is 1. The van der Waals surface area contributed by atoms with Crippen molar-refractivity contribution >= 4 is 40.4 Å². The van der Waals surface area contributed by atoms with Crippen LogP contribution in [0.1, 0.15) is 15.5 Å². The first-order valence-corrected chi connectivity index (χ1v) is 8.54. The summed E-state index contributed by atoms with van der Waals surface area (Å²) in [5, 5.41) is 6.25. The van der Waals surface area contributed by atoms with E-state index in [1.54, 1.807) is 23.6 Å². The average Bonchev–Trinajstić information content (AvgIpc) is 2.97. The highest BCUT2D eigenvalue weighted by molar-refractivity contribution is 7.09. The first-order valence-electron chi connectivity index (χ1n) is 6.91. The number of nitrogens with one attached hydrogen (secondary N) is 1. The van der Waals surface area contributed by atoms with Crippen LogP contribution in [0.15, 0.2) is 23.6 Å². The number of carbonyl (C=O) groups is 1. The summed E-state index contributed by atoms with van der Waals surface area (Å²) in [6, 6.07) is 5.01. The van der Waals surface area contributed by atoms with E-state index in [0.29, 0.717) is 33.0 Å². The van der Waals surface area contributed by atoms with E-state index in [2.05, 4.69) is 10.3 Å². The highest BCUT2D eigenvalue weighted by Crippen LogP contribution is 2.28. The van der Waals surface area contributed by atoms with Crippen LogP contribution in [-0.4, -0.2) is 43.0 Å². The molecule has 0 spiro atoms. The Bertz CT molecular complexity index is 676. The third-order valence-corrected chi connectivity index (χ3v) is 4.24. The van der Waals surface area contributed by atoms with Gasteiger partial charge in [-0.1, -0.05) is 23.2 Å². The summed E-state index contributed by atoms with van der Waals surface area (Å²) in [5.41, 5.74) is 0.393. The van der Waals surface area contributed by atoms with Crippen molar-refractivity contribution in [1.82, 2.24) is 15.2 Å². The Labute approximate surface area is 149 Å². The van der Waals surface area contributed by atoms with Crippen LogP contribution < -0.4 is 10.1 Å². The quantitative estimate of drug-likeness (QED) is 0.808. The van der Waals surface area contributed by atoms with Crippen LogP contribution in [0.4, 0.5) is 0 Å². The summed E-state index contributed by atoms with van der Waals surface area (Å²) < 4.78 is 5.60. The van der Waals surface area contributed by atoms with Crippen molar-refractivity contribution in [2.75, 3.05) is 27.2 Å². The van der Waals surface area contributed by atoms with Gasteiger partial charge in [-0.05, 0) is 26.2 Å². The Hall–Kier alpha value is -1.34. The van der Waals surface area contributed by atoms with Gasteiger partial charge in [0, 0.05) is 29.6 Å². The summed E-state index contributed by atoms with van der Waals surface area (Å²) in [4.78, 5) is 18.2. The molecule has 0 aliphatic rings. The number of amides is 1. The number of rotatable bonds is 7. The van der Waals surface area contributed by atoms with Crippen LogP contribution in [0, 0.1) is 0 Å². The molecule has 0 atom stereocenters. The Morgan fingerprint density at radius 3 is 2.91 bits per heavy atom. The van der Waals surface area contributed by atoms with Crippen LogP contribution >= 0.6 is 34.5 Å². The SMILES string of the molecule is CN(C)CCNC(=O)c1csc(COc2cc(Cl)ccc2Cl)n1. The first-order chi connectivity index (χ1) is 11.0. The maximum atomic E-state index is 11.9. The Balaban J connectivity index is 1.89. The molecule has 23 heavy (non-hydrogen) atoms. The Morgan fingerprint density at radius 2 is 2.17 bits per heavy atom. The monoisotopic (exact) mass is 373 g/mol. The van der Waals surface area contributed by atoms with E-state index < -0.39 is 0 Å². The van der Waals surface area contributed by atoms with Gasteiger partial charge in [-0.2, -0.15) is 0 Å². The van der Waals surface area contributed by atoms with Gasteiger partial charge in [-0.25, -0.2) is 4.98 Å². The largest absolute Gasteiger partial charge is 0.485 e. The zero-order valence-electron chi connectivity index (χ0n) is 12.8. The van der Waals surface area contributed by atoms with Gasteiger partial charge in [-0.15, -0.1) is 11.3 Å². The molecule has 0 bridgehead atoms. The summed E-state index contributed by atoms with van der Waals surface area (Å²) in [5.74, 6) is 0.307. The van der Waals surface area contributed by atoms with Crippen molar-refractivity contribution in [3.63, 3.8) is 0 Å². The summed E-state index contributed by atoms with van der Waals surface area (Å²) in [6.07, 6.45) is 0. The van der Waals surface area contributed by atoms with Gasteiger partial charge in [0.15, 0.2) is 0 Å². The van der Waals surface area contributed by atoms with Gasteiger partial charge < -0.3 is 15.0 Å². The third kappa shape index (κ3) is 5.66. The highest BCUT2D eigenvalue weighted by Gasteiger charge is 2.11. The van der Waals surface area contributed by atoms with Crippen LogP contribution in [0.5, 0.6) is 5.75 Å². The number of ether oxygens (including phenoxy) is 1. The number of aromatic nitrogens is 1. The lowest BCUT2D eigenvalue weighted by Gasteiger charge is -2.09. The minimum absolute atomic E-state index is 0.185. The zero-order chi connectivity index (χ0) is 16.8. The standard InChI is InChI=1S/C15H17Cl2N3O2S/c1-20(2)6-5-18-15(21)12-9-23-14(19-12)8-22-13-7-10(16)3-4-11(13)17/h3-4,7,9H,5-6,8H2,1-2H3,(H,18,21). The predicted octanol–water partition coefficient (Wildman–Crippen LogP) is 3.32. The molecule has 1 aromatic heterocycles. The van der Waals surface area contributed by atoms with E-state index in [1.165, 1.54) is 11.3 Å². The molecule has 0 fully saturated rings. The summed E-state index contributed by atoms with van der Waals surface area (Å²) in [6.45, 7) is 1.59. The molecule has 2 rings (SSSR count). The number of hydrogen-bond acceptors (Lipinski definition) is 5. The number of thiazole rings is 1. The minimum atomic E-state index is -0.185. The molecular weight excluding hydrogens is 357 g/mol. The maximum absolute atomic E-state index is 11.9. The molecule has 0 saturated heterocycles. The molecule has 1 amide bonds. The van der Waals surface area contributed by atoms with Gasteiger partial charge >= 0.3 is 0 Å². The Morgan fingerprint density at radius 1 is 1.39 bits per heavy atom. The maximum Gasteiger partial charge on any atom is 0.270 e. The minimum Gasteiger partial charge on any atom is -0.485 e. The molecule has 1 heterocycles. The normalized spacial score (nSPS) is 10.8. The topological polar surface area (TPSA) is 54.5 Å². The van der Waals surface area contributed by atoms with Crippen LogP contribution in [0.2, 0.25) is 10.0 Å². The van der Waals surface area contributed by atoms with Crippen molar-refractivity contribution in [3.05, 3.63) is 44.3 Å². The fourth-order valence-corrected chi connectivity index (χ4v) is 2.71. The lowest BCUT2D eigenvalue weighted by Crippen LogP contribution is -2.31. The van der Waals surface area contributed by atoms with Crippen molar-refractivity contribution < 1.29 is 9.53 Å². The van der Waals surface area contributed by atoms with Gasteiger partial charge in [0.2, 0.25) is 0 Å². The van der Waals surface area contributed by atoms with E-state index in [4.69, 9.17) is 27.9 Å². The molecule has 0 unspecified atom stereocenters. The fraction of sp³-hybridized carbons (Fsp3) is 0.333. The van der Waals surface area contributed by atoms with Crippen LogP contribution in [-0.2, 0) is 6.61 Å². The number of halogens is 2. The molecule has 2 aromatic rings. The molecule has 1 N–H and O–H groups in total. The second-order valence-corrected chi connectivity index (χ2v) is 6.84. The lowest BCUT2D eigenvalue weighted by molar-refractivity contribution is 0.0946. The van der Waals surface area contributed by atoms with Crippen LogP contribution in [0.3, 0.4) is 0 Å². The van der Waals surface area contributed by atoms with Crippen molar-refractivity contribution in [2.24, 2.45) is 0 Å². The van der Waals surface area contributed by atoms with E-state index >= 15 is 0 Å². The van der Waals surface area contributed by atoms with E-state index in [1.807, 2.05) is 19.0 Å². The zero-order valence-corrected chi connectivity index (χ0v) is 15.1. The third-order valence-electron chi connectivity index (χ3n) is 2.87. The molecule has 0 aliphatic heterocycles. The van der Waals surface area contributed by atoms with Gasteiger partial charge in [0.1, 0.15) is 23.1 Å². The Kier molecular flexibility index (Phi) is 6.65. The molecule has 124 valence electrons. The number of benzene rings is 1. The molecule has 0 saturated carbocycles. The first kappa shape index (κ1) is 18.0. The van der Waals surface area contributed by atoms with Gasteiger partial charge in [0.05, 0.1) is 5.02 Å². The number of carbonyl (C=O) groups excluding carboxylic acids is 1.